The molecule has 6 heteroatoms. The fourth-order valence-corrected chi connectivity index (χ4v) is 4.55. The summed E-state index contributed by atoms with van der Waals surface area (Å²) in [6.45, 7) is 0. The van der Waals surface area contributed by atoms with E-state index in [1.807, 2.05) is 6.07 Å². The fourth-order valence-electron chi connectivity index (χ4n) is 1.83. The van der Waals surface area contributed by atoms with Crippen molar-refractivity contribution in [2.45, 2.75) is 9.79 Å². The van der Waals surface area contributed by atoms with Crippen LogP contribution in [0.1, 0.15) is 10.4 Å². The van der Waals surface area contributed by atoms with Gasteiger partial charge in [-0.25, -0.2) is 8.42 Å². The summed E-state index contributed by atoms with van der Waals surface area (Å²) in [6, 6.07) is 15.2. The minimum absolute atomic E-state index is 0.0726. The first-order valence-corrected chi connectivity index (χ1v) is 7.74. The van der Waals surface area contributed by atoms with Gasteiger partial charge in [-0.15, -0.1) is 0 Å². The highest BCUT2D eigenvalue weighted by Crippen LogP contribution is 2.37. The van der Waals surface area contributed by atoms with Gasteiger partial charge in [-0.3, -0.25) is 4.79 Å². The van der Waals surface area contributed by atoms with Gasteiger partial charge in [-0.05, 0) is 24.3 Å². The molecule has 2 aromatic carbocycles. The van der Waals surface area contributed by atoms with Gasteiger partial charge >= 0.3 is 0 Å². The van der Waals surface area contributed by atoms with Crippen molar-refractivity contribution in [1.29, 1.82) is 0 Å². The van der Waals surface area contributed by atoms with Crippen molar-refractivity contribution < 1.29 is 13.2 Å². The van der Waals surface area contributed by atoms with E-state index in [1.54, 1.807) is 36.4 Å². The standard InChI is InChI=1S/C13H9NO3S2/c15-13-11-8-4-5-9-12(11)19(16,17)14(13)18-10-6-2-1-3-7-10/h1-9H. The maximum Gasteiger partial charge on any atom is 0.279 e. The zero-order valence-corrected chi connectivity index (χ0v) is 11.3. The lowest BCUT2D eigenvalue weighted by molar-refractivity contribution is 0.0934. The predicted molar refractivity (Wildman–Crippen MR) is 72.1 cm³/mol. The van der Waals surface area contributed by atoms with E-state index in [4.69, 9.17) is 0 Å². The predicted octanol–water partition coefficient (Wildman–Crippen LogP) is 2.54. The van der Waals surface area contributed by atoms with Gasteiger partial charge < -0.3 is 0 Å². The molecule has 2 aromatic rings. The molecular weight excluding hydrogens is 282 g/mol. The Morgan fingerprint density at radius 2 is 1.53 bits per heavy atom. The van der Waals surface area contributed by atoms with E-state index < -0.39 is 15.9 Å². The molecule has 4 nitrogen and oxygen atoms in total. The lowest BCUT2D eigenvalue weighted by Crippen LogP contribution is -2.22. The van der Waals surface area contributed by atoms with Gasteiger partial charge in [0.2, 0.25) is 0 Å². The van der Waals surface area contributed by atoms with Crippen LogP contribution in [0.2, 0.25) is 0 Å². The van der Waals surface area contributed by atoms with Crippen LogP contribution < -0.4 is 0 Å². The molecule has 1 aliphatic rings. The van der Waals surface area contributed by atoms with Crippen LogP contribution in [0, 0.1) is 0 Å². The second-order valence-electron chi connectivity index (χ2n) is 3.94. The van der Waals surface area contributed by atoms with E-state index in [0.717, 1.165) is 15.7 Å². The Labute approximate surface area is 115 Å². The average molecular weight is 291 g/mol. The SMILES string of the molecule is O=C1c2ccccc2S(=O)(=O)N1Sc1ccccc1. The highest BCUT2D eigenvalue weighted by atomic mass is 32.3. The first-order chi connectivity index (χ1) is 9.10. The van der Waals surface area contributed by atoms with Crippen molar-refractivity contribution in [3.8, 4) is 0 Å². The number of carbonyl (C=O) groups excluding carboxylic acids is 1. The Bertz CT molecular complexity index is 741. The Hall–Kier alpha value is -1.79. The molecule has 19 heavy (non-hydrogen) atoms. The van der Waals surface area contributed by atoms with Crippen molar-refractivity contribution in [2.24, 2.45) is 0 Å². The summed E-state index contributed by atoms with van der Waals surface area (Å²) in [5.41, 5.74) is 0.228. The molecule has 0 saturated carbocycles. The normalized spacial score (nSPS) is 16.4. The van der Waals surface area contributed by atoms with Crippen LogP contribution in [0.15, 0.2) is 64.4 Å². The molecule has 0 unspecified atom stereocenters. The molecule has 0 radical (unpaired) electrons. The van der Waals surface area contributed by atoms with Crippen LogP contribution in [0.4, 0.5) is 0 Å². The fraction of sp³-hybridized carbons (Fsp3) is 0. The molecule has 96 valence electrons. The Morgan fingerprint density at radius 1 is 0.895 bits per heavy atom. The molecule has 0 fully saturated rings. The molecule has 0 N–H and O–H groups in total. The second-order valence-corrected chi connectivity index (χ2v) is 6.94. The largest absolute Gasteiger partial charge is 0.279 e. The monoisotopic (exact) mass is 291 g/mol. The van der Waals surface area contributed by atoms with E-state index >= 15 is 0 Å². The Balaban J connectivity index is 2.04. The number of fused-ring (bicyclic) bond motifs is 1. The van der Waals surface area contributed by atoms with Crippen LogP contribution in [0.3, 0.4) is 0 Å². The minimum Gasteiger partial charge on any atom is -0.267 e. The summed E-state index contributed by atoms with van der Waals surface area (Å²) in [7, 11) is -3.75. The summed E-state index contributed by atoms with van der Waals surface area (Å²) in [5.74, 6) is -0.496. The lowest BCUT2D eigenvalue weighted by Gasteiger charge is -2.12. The summed E-state index contributed by atoms with van der Waals surface area (Å²) in [5, 5.41) is 0. The maximum absolute atomic E-state index is 12.3. The van der Waals surface area contributed by atoms with Gasteiger partial charge in [-0.1, -0.05) is 30.3 Å². The van der Waals surface area contributed by atoms with Crippen molar-refractivity contribution in [2.75, 3.05) is 0 Å². The van der Waals surface area contributed by atoms with E-state index in [0.29, 0.717) is 4.90 Å². The molecule has 0 spiro atoms. The number of benzene rings is 2. The highest BCUT2D eigenvalue weighted by molar-refractivity contribution is 8.09. The van der Waals surface area contributed by atoms with Crippen molar-refractivity contribution in [3.63, 3.8) is 0 Å². The summed E-state index contributed by atoms with van der Waals surface area (Å²) in [4.78, 5) is 12.9. The molecule has 3 rings (SSSR count). The molecule has 0 atom stereocenters. The van der Waals surface area contributed by atoms with E-state index in [9.17, 15) is 13.2 Å². The molecule has 1 aliphatic heterocycles. The van der Waals surface area contributed by atoms with Crippen LogP contribution in [-0.2, 0) is 10.0 Å². The highest BCUT2D eigenvalue weighted by Gasteiger charge is 2.41. The third-order valence-corrected chi connectivity index (χ3v) is 5.85. The van der Waals surface area contributed by atoms with Crippen molar-refractivity contribution in [1.82, 2.24) is 3.71 Å². The van der Waals surface area contributed by atoms with Crippen LogP contribution in [-0.4, -0.2) is 18.0 Å². The Morgan fingerprint density at radius 3 is 2.21 bits per heavy atom. The third kappa shape index (κ3) is 1.93. The summed E-state index contributed by atoms with van der Waals surface area (Å²) >= 11 is 0.919. The number of amides is 1. The first-order valence-electron chi connectivity index (χ1n) is 5.52. The van der Waals surface area contributed by atoms with E-state index in [1.165, 1.54) is 12.1 Å². The zero-order chi connectivity index (χ0) is 13.5. The number of sulfonamides is 1. The number of rotatable bonds is 2. The third-order valence-electron chi connectivity index (χ3n) is 2.71. The molecule has 1 heterocycles. The summed E-state index contributed by atoms with van der Waals surface area (Å²) < 4.78 is 25.4. The van der Waals surface area contributed by atoms with Gasteiger partial charge in [0.1, 0.15) is 4.90 Å². The molecule has 0 aliphatic carbocycles. The first kappa shape index (κ1) is 12.3. The molecule has 0 bridgehead atoms. The van der Waals surface area contributed by atoms with Crippen LogP contribution in [0.25, 0.3) is 0 Å². The summed E-state index contributed by atoms with van der Waals surface area (Å²) in [6.07, 6.45) is 0. The number of hydrogen-bond acceptors (Lipinski definition) is 4. The molecule has 1 amide bonds. The second kappa shape index (κ2) is 4.40. The van der Waals surface area contributed by atoms with Gasteiger partial charge in [0.05, 0.1) is 5.56 Å². The molecule has 0 aromatic heterocycles. The lowest BCUT2D eigenvalue weighted by atomic mass is 10.2. The number of nitrogens with zero attached hydrogens (tertiary/aromatic N) is 1. The average Bonchev–Trinajstić information content (AvgIpc) is 2.62. The zero-order valence-electron chi connectivity index (χ0n) is 9.68. The van der Waals surface area contributed by atoms with Crippen LogP contribution in [0.5, 0.6) is 0 Å². The van der Waals surface area contributed by atoms with Crippen LogP contribution >= 0.6 is 11.9 Å². The quantitative estimate of drug-likeness (QED) is 0.798. The minimum atomic E-state index is -3.75. The molecule has 0 saturated heterocycles. The number of hydrogen-bond donors (Lipinski definition) is 0. The molecular formula is C13H9NO3S2. The number of carbonyl (C=O) groups is 1. The maximum atomic E-state index is 12.3. The van der Waals surface area contributed by atoms with Crippen molar-refractivity contribution in [3.05, 3.63) is 60.2 Å². The van der Waals surface area contributed by atoms with Gasteiger partial charge in [0.15, 0.2) is 0 Å². The van der Waals surface area contributed by atoms with Gasteiger partial charge in [-0.2, -0.15) is 3.71 Å². The van der Waals surface area contributed by atoms with Gasteiger partial charge in [0.25, 0.3) is 15.9 Å². The smallest absolute Gasteiger partial charge is 0.267 e. The van der Waals surface area contributed by atoms with E-state index in [-0.39, 0.29) is 10.5 Å². The van der Waals surface area contributed by atoms with Gasteiger partial charge in [0, 0.05) is 16.8 Å². The Kier molecular flexibility index (Phi) is 2.83. The van der Waals surface area contributed by atoms with E-state index in [2.05, 4.69) is 0 Å². The van der Waals surface area contributed by atoms with Crippen molar-refractivity contribution >= 4 is 27.9 Å². The topological polar surface area (TPSA) is 54.5 Å².